The maximum atomic E-state index is 5.84. The van der Waals surface area contributed by atoms with E-state index in [9.17, 15) is 0 Å². The van der Waals surface area contributed by atoms with Gasteiger partial charge in [0.1, 0.15) is 0 Å². The summed E-state index contributed by atoms with van der Waals surface area (Å²) in [6, 6.07) is 2.78. The van der Waals surface area contributed by atoms with E-state index in [1.807, 2.05) is 18.2 Å². The van der Waals surface area contributed by atoms with Gasteiger partial charge in [0, 0.05) is 8.95 Å². The molecule has 0 aromatic heterocycles. The van der Waals surface area contributed by atoms with E-state index in [2.05, 4.69) is 31.9 Å². The molecule has 0 aliphatic carbocycles. The van der Waals surface area contributed by atoms with Crippen molar-refractivity contribution < 1.29 is 0 Å². The molecule has 0 heterocycles. The summed E-state index contributed by atoms with van der Waals surface area (Å²) in [7, 11) is 0. The second-order valence-corrected chi connectivity index (χ2v) is 12.3. The zero-order valence-corrected chi connectivity index (χ0v) is 12.1. The first-order valence-corrected chi connectivity index (χ1v) is 9.55. The lowest BCUT2D eigenvalue weighted by atomic mass is 10.4. The Morgan fingerprint density at radius 3 is 2.08 bits per heavy atom. The van der Waals surface area contributed by atoms with Gasteiger partial charge in [-0.2, -0.15) is 0 Å². The van der Waals surface area contributed by atoms with Crippen molar-refractivity contribution in [3.63, 3.8) is 0 Å². The maximum absolute atomic E-state index is 5.84. The van der Waals surface area contributed by atoms with Crippen molar-refractivity contribution in [1.82, 2.24) is 0 Å². The lowest BCUT2D eigenvalue weighted by Gasteiger charge is -2.10. The van der Waals surface area contributed by atoms with Crippen LogP contribution in [-0.4, -0.2) is 6.00 Å². The summed E-state index contributed by atoms with van der Waals surface area (Å²) in [5.41, 5.74) is 0. The molecular formula is C6H3Br2Cl3Si. The first-order chi connectivity index (χ1) is 5.41. The number of benzene rings is 1. The summed E-state index contributed by atoms with van der Waals surface area (Å²) in [6.45, 7) is 0. The summed E-state index contributed by atoms with van der Waals surface area (Å²) < 4.78 is 1.80. The molecule has 66 valence electrons. The average Bonchev–Trinajstić information content (AvgIpc) is 1.83. The first kappa shape index (κ1) is 11.3. The van der Waals surface area contributed by atoms with Gasteiger partial charge < -0.3 is 0 Å². The van der Waals surface area contributed by atoms with Gasteiger partial charge >= 0.3 is 6.00 Å². The highest BCUT2D eigenvalue weighted by atomic mass is 79.9. The number of rotatable bonds is 1. The molecule has 6 heteroatoms. The molecule has 1 aromatic carbocycles. The fraction of sp³-hybridized carbons (Fsp3) is 0. The predicted octanol–water partition coefficient (Wildman–Crippen LogP) is 4.07. The molecule has 0 saturated heterocycles. The Morgan fingerprint density at radius 1 is 1.08 bits per heavy atom. The monoisotopic (exact) mass is 366 g/mol. The molecule has 0 N–H and O–H groups in total. The molecule has 0 saturated carbocycles. The van der Waals surface area contributed by atoms with Crippen LogP contribution >= 0.6 is 65.1 Å². The quantitative estimate of drug-likeness (QED) is 0.517. The van der Waals surface area contributed by atoms with E-state index in [0.29, 0.717) is 0 Å². The average molecular weight is 369 g/mol. The summed E-state index contributed by atoms with van der Waals surface area (Å²) in [5.74, 6) is 0. The molecular weight excluding hydrogens is 366 g/mol. The highest BCUT2D eigenvalue weighted by molar-refractivity contribution is 9.11. The third-order valence-electron chi connectivity index (χ3n) is 1.24. The Balaban J connectivity index is 3.19. The molecule has 1 rings (SSSR count). The van der Waals surface area contributed by atoms with Crippen LogP contribution in [-0.2, 0) is 0 Å². The van der Waals surface area contributed by atoms with Crippen molar-refractivity contribution in [2.45, 2.75) is 0 Å². The van der Waals surface area contributed by atoms with Crippen molar-refractivity contribution in [3.05, 3.63) is 27.1 Å². The Labute approximate surface area is 103 Å². The molecule has 0 bridgehead atoms. The van der Waals surface area contributed by atoms with E-state index in [0.717, 1.165) is 14.1 Å². The molecule has 1 aromatic rings. The molecule has 0 amide bonds. The number of hydrogen-bond acceptors (Lipinski definition) is 0. The van der Waals surface area contributed by atoms with Crippen LogP contribution in [0.2, 0.25) is 0 Å². The van der Waals surface area contributed by atoms with E-state index < -0.39 is 6.00 Å². The third-order valence-corrected chi connectivity index (χ3v) is 5.63. The largest absolute Gasteiger partial charge is 0.374 e. The van der Waals surface area contributed by atoms with Crippen LogP contribution in [0.1, 0.15) is 0 Å². The van der Waals surface area contributed by atoms with Crippen LogP contribution in [0.5, 0.6) is 0 Å². The molecule has 0 fully saturated rings. The van der Waals surface area contributed by atoms with Gasteiger partial charge in [0.05, 0.1) is 0 Å². The van der Waals surface area contributed by atoms with Crippen molar-refractivity contribution >= 4 is 76.3 Å². The van der Waals surface area contributed by atoms with Crippen LogP contribution < -0.4 is 5.19 Å². The van der Waals surface area contributed by atoms with Crippen molar-refractivity contribution in [2.24, 2.45) is 0 Å². The minimum Gasteiger partial charge on any atom is -0.121 e. The van der Waals surface area contributed by atoms with Crippen LogP contribution in [0, 0.1) is 0 Å². The third kappa shape index (κ3) is 2.89. The Morgan fingerprint density at radius 2 is 1.67 bits per heavy atom. The predicted molar refractivity (Wildman–Crippen MR) is 64.8 cm³/mol. The smallest absolute Gasteiger partial charge is 0.121 e. The van der Waals surface area contributed by atoms with Gasteiger partial charge in [0.2, 0.25) is 0 Å². The van der Waals surface area contributed by atoms with Crippen LogP contribution in [0.3, 0.4) is 0 Å². The SMILES string of the molecule is Cl[Si](Cl)(Cl)c1ccc(Br)cc1Br. The minimum atomic E-state index is -2.75. The van der Waals surface area contributed by atoms with E-state index in [-0.39, 0.29) is 0 Å². The maximum Gasteiger partial charge on any atom is 0.374 e. The fourth-order valence-electron chi connectivity index (χ4n) is 0.719. The molecule has 0 aliphatic heterocycles. The van der Waals surface area contributed by atoms with Crippen molar-refractivity contribution in [1.29, 1.82) is 0 Å². The Kier molecular flexibility index (Phi) is 3.96. The first-order valence-electron chi connectivity index (χ1n) is 2.93. The van der Waals surface area contributed by atoms with Gasteiger partial charge in [0.25, 0.3) is 0 Å². The van der Waals surface area contributed by atoms with E-state index in [4.69, 9.17) is 33.2 Å². The Hall–Kier alpha value is 1.27. The normalized spacial score (nSPS) is 11.8. The summed E-state index contributed by atoms with van der Waals surface area (Å²) in [6.07, 6.45) is 0. The molecule has 0 nitrogen and oxygen atoms in total. The second-order valence-electron chi connectivity index (χ2n) is 2.12. The Bertz CT molecular complexity index is 297. The lowest BCUT2D eigenvalue weighted by molar-refractivity contribution is 1.65. The standard InChI is InChI=1S/C6H3Br2Cl3Si/c7-4-1-2-6(5(8)3-4)12(9,10)11/h1-3H. The van der Waals surface area contributed by atoms with E-state index in [1.54, 1.807) is 0 Å². The second kappa shape index (κ2) is 4.19. The van der Waals surface area contributed by atoms with Crippen LogP contribution in [0.25, 0.3) is 0 Å². The lowest BCUT2D eigenvalue weighted by Crippen LogP contribution is -2.31. The summed E-state index contributed by atoms with van der Waals surface area (Å²) >= 11 is 24.2. The molecule has 0 spiro atoms. The molecule has 0 atom stereocenters. The molecule has 0 radical (unpaired) electrons. The highest BCUT2D eigenvalue weighted by Crippen LogP contribution is 2.25. The molecule has 12 heavy (non-hydrogen) atoms. The summed E-state index contributed by atoms with van der Waals surface area (Å²) in [5, 5.41) is 0.774. The van der Waals surface area contributed by atoms with Crippen molar-refractivity contribution in [2.75, 3.05) is 0 Å². The van der Waals surface area contributed by atoms with Gasteiger partial charge in [0.15, 0.2) is 0 Å². The minimum absolute atomic E-state index is 0.774. The zero-order chi connectivity index (χ0) is 9.35. The molecule has 0 aliphatic rings. The van der Waals surface area contributed by atoms with Crippen molar-refractivity contribution in [3.8, 4) is 0 Å². The number of halogens is 5. The van der Waals surface area contributed by atoms with Crippen LogP contribution in [0.15, 0.2) is 27.1 Å². The summed E-state index contributed by atoms with van der Waals surface area (Å²) in [4.78, 5) is 0. The topological polar surface area (TPSA) is 0 Å². The van der Waals surface area contributed by atoms with E-state index in [1.165, 1.54) is 0 Å². The molecule has 0 unspecified atom stereocenters. The fourth-order valence-corrected chi connectivity index (χ4v) is 5.78. The van der Waals surface area contributed by atoms with Gasteiger partial charge in [-0.3, -0.25) is 0 Å². The van der Waals surface area contributed by atoms with Gasteiger partial charge in [-0.15, -0.1) is 33.2 Å². The van der Waals surface area contributed by atoms with Gasteiger partial charge in [-0.05, 0) is 17.3 Å². The van der Waals surface area contributed by atoms with Gasteiger partial charge in [-0.1, -0.05) is 37.9 Å². The highest BCUT2D eigenvalue weighted by Gasteiger charge is 2.30. The zero-order valence-electron chi connectivity index (χ0n) is 5.62. The van der Waals surface area contributed by atoms with E-state index >= 15 is 0 Å². The number of hydrogen-bond donors (Lipinski definition) is 0. The van der Waals surface area contributed by atoms with Gasteiger partial charge in [-0.25, -0.2) is 0 Å². The van der Waals surface area contributed by atoms with Crippen LogP contribution in [0.4, 0.5) is 0 Å².